The molecule has 0 bridgehead atoms. The summed E-state index contributed by atoms with van der Waals surface area (Å²) < 4.78 is 1.05. The van der Waals surface area contributed by atoms with Gasteiger partial charge in [-0.1, -0.05) is 41.4 Å². The largest absolute Gasteiger partial charge is 0.354 e. The van der Waals surface area contributed by atoms with E-state index in [1.165, 1.54) is 0 Å². The Hall–Kier alpha value is -1.46. The first-order chi connectivity index (χ1) is 9.72. The molecule has 2 aromatic rings. The SMILES string of the molecule is CCCCNc1nc(CN)cc(-c2ccc(Br)cc2)n1. The average Bonchev–Trinajstić information content (AvgIpc) is 2.48. The summed E-state index contributed by atoms with van der Waals surface area (Å²) in [5, 5.41) is 3.25. The molecule has 0 saturated heterocycles. The van der Waals surface area contributed by atoms with Gasteiger partial charge in [-0.15, -0.1) is 0 Å². The Kier molecular flexibility index (Phi) is 5.49. The van der Waals surface area contributed by atoms with Crippen LogP contribution in [0.4, 0.5) is 5.95 Å². The molecule has 0 aliphatic heterocycles. The molecular weight excluding hydrogens is 316 g/mol. The highest BCUT2D eigenvalue weighted by atomic mass is 79.9. The molecule has 1 aromatic heterocycles. The maximum atomic E-state index is 5.72. The van der Waals surface area contributed by atoms with Crippen molar-refractivity contribution in [3.63, 3.8) is 0 Å². The summed E-state index contributed by atoms with van der Waals surface area (Å²) in [4.78, 5) is 8.97. The van der Waals surface area contributed by atoms with Crippen molar-refractivity contribution in [3.05, 3.63) is 40.5 Å². The van der Waals surface area contributed by atoms with E-state index in [9.17, 15) is 0 Å². The number of benzene rings is 1. The Morgan fingerprint density at radius 3 is 2.60 bits per heavy atom. The minimum Gasteiger partial charge on any atom is -0.354 e. The molecule has 0 amide bonds. The molecule has 2 rings (SSSR count). The lowest BCUT2D eigenvalue weighted by Gasteiger charge is -2.09. The van der Waals surface area contributed by atoms with Gasteiger partial charge in [-0.3, -0.25) is 0 Å². The lowest BCUT2D eigenvalue weighted by Crippen LogP contribution is -2.09. The van der Waals surface area contributed by atoms with Crippen LogP contribution in [0.15, 0.2) is 34.8 Å². The first-order valence-corrected chi connectivity index (χ1v) is 7.60. The second-order valence-electron chi connectivity index (χ2n) is 4.56. The summed E-state index contributed by atoms with van der Waals surface area (Å²) in [6.07, 6.45) is 2.24. The zero-order chi connectivity index (χ0) is 14.4. The fourth-order valence-electron chi connectivity index (χ4n) is 1.83. The van der Waals surface area contributed by atoms with Crippen LogP contribution in [0.2, 0.25) is 0 Å². The van der Waals surface area contributed by atoms with E-state index < -0.39 is 0 Å². The lowest BCUT2D eigenvalue weighted by molar-refractivity contribution is 0.823. The monoisotopic (exact) mass is 334 g/mol. The molecule has 1 aromatic carbocycles. The Balaban J connectivity index is 2.27. The minimum atomic E-state index is 0.411. The van der Waals surface area contributed by atoms with Gasteiger partial charge in [0.2, 0.25) is 5.95 Å². The molecule has 0 atom stereocenters. The van der Waals surface area contributed by atoms with Crippen molar-refractivity contribution in [2.75, 3.05) is 11.9 Å². The predicted molar refractivity (Wildman–Crippen MR) is 86.5 cm³/mol. The smallest absolute Gasteiger partial charge is 0.223 e. The normalized spacial score (nSPS) is 10.6. The molecule has 0 fully saturated rings. The predicted octanol–water partition coefficient (Wildman–Crippen LogP) is 3.58. The molecule has 0 spiro atoms. The van der Waals surface area contributed by atoms with Crippen molar-refractivity contribution >= 4 is 21.9 Å². The number of halogens is 1. The van der Waals surface area contributed by atoms with Gasteiger partial charge in [-0.05, 0) is 24.6 Å². The van der Waals surface area contributed by atoms with E-state index >= 15 is 0 Å². The Bertz CT molecular complexity index is 554. The van der Waals surface area contributed by atoms with E-state index in [4.69, 9.17) is 5.73 Å². The Morgan fingerprint density at radius 2 is 1.95 bits per heavy atom. The summed E-state index contributed by atoms with van der Waals surface area (Å²) in [5.74, 6) is 0.652. The molecule has 0 radical (unpaired) electrons. The maximum absolute atomic E-state index is 5.72. The van der Waals surface area contributed by atoms with Crippen LogP contribution < -0.4 is 11.1 Å². The van der Waals surface area contributed by atoms with Crippen LogP contribution in [0.5, 0.6) is 0 Å². The molecule has 0 aliphatic rings. The summed E-state index contributed by atoms with van der Waals surface area (Å²) in [6.45, 7) is 3.45. The summed E-state index contributed by atoms with van der Waals surface area (Å²) in [6, 6.07) is 10.0. The van der Waals surface area contributed by atoms with Crippen molar-refractivity contribution in [2.24, 2.45) is 5.73 Å². The number of anilines is 1. The fourth-order valence-corrected chi connectivity index (χ4v) is 2.09. The van der Waals surface area contributed by atoms with Crippen LogP contribution in [-0.2, 0) is 6.54 Å². The van der Waals surface area contributed by atoms with Crippen molar-refractivity contribution in [2.45, 2.75) is 26.3 Å². The molecular formula is C15H19BrN4. The van der Waals surface area contributed by atoms with Crippen LogP contribution in [0.3, 0.4) is 0 Å². The molecule has 5 heteroatoms. The van der Waals surface area contributed by atoms with Crippen molar-refractivity contribution in [1.29, 1.82) is 0 Å². The number of nitrogens with zero attached hydrogens (tertiary/aromatic N) is 2. The highest BCUT2D eigenvalue weighted by Crippen LogP contribution is 2.21. The van der Waals surface area contributed by atoms with Gasteiger partial charge < -0.3 is 11.1 Å². The van der Waals surface area contributed by atoms with Crippen molar-refractivity contribution in [1.82, 2.24) is 9.97 Å². The van der Waals surface area contributed by atoms with Gasteiger partial charge in [0.25, 0.3) is 0 Å². The zero-order valence-corrected chi connectivity index (χ0v) is 13.2. The summed E-state index contributed by atoms with van der Waals surface area (Å²) in [5.41, 5.74) is 8.52. The van der Waals surface area contributed by atoms with Gasteiger partial charge in [-0.2, -0.15) is 0 Å². The minimum absolute atomic E-state index is 0.411. The average molecular weight is 335 g/mol. The number of hydrogen-bond acceptors (Lipinski definition) is 4. The number of aromatic nitrogens is 2. The van der Waals surface area contributed by atoms with E-state index in [0.29, 0.717) is 12.5 Å². The molecule has 106 valence electrons. The van der Waals surface area contributed by atoms with E-state index in [1.807, 2.05) is 30.3 Å². The van der Waals surface area contributed by atoms with Crippen LogP contribution in [0.1, 0.15) is 25.5 Å². The Morgan fingerprint density at radius 1 is 1.20 bits per heavy atom. The third kappa shape index (κ3) is 4.02. The van der Waals surface area contributed by atoms with E-state index in [2.05, 4.69) is 38.1 Å². The third-order valence-corrected chi connectivity index (χ3v) is 3.47. The maximum Gasteiger partial charge on any atom is 0.223 e. The van der Waals surface area contributed by atoms with Gasteiger partial charge in [0, 0.05) is 23.1 Å². The van der Waals surface area contributed by atoms with Gasteiger partial charge in [-0.25, -0.2) is 9.97 Å². The molecule has 0 aliphatic carbocycles. The number of nitrogens with two attached hydrogens (primary N) is 1. The van der Waals surface area contributed by atoms with Gasteiger partial charge in [0.1, 0.15) is 0 Å². The van der Waals surface area contributed by atoms with Gasteiger partial charge >= 0.3 is 0 Å². The molecule has 3 N–H and O–H groups in total. The zero-order valence-electron chi connectivity index (χ0n) is 11.6. The lowest BCUT2D eigenvalue weighted by atomic mass is 10.1. The van der Waals surface area contributed by atoms with Gasteiger partial charge in [0.05, 0.1) is 11.4 Å². The number of unbranched alkanes of at least 4 members (excludes halogenated alkanes) is 1. The van der Waals surface area contributed by atoms with E-state index in [-0.39, 0.29) is 0 Å². The second kappa shape index (κ2) is 7.36. The number of nitrogens with one attached hydrogen (secondary N) is 1. The number of hydrogen-bond donors (Lipinski definition) is 2. The highest BCUT2D eigenvalue weighted by Gasteiger charge is 2.06. The van der Waals surface area contributed by atoms with Crippen molar-refractivity contribution in [3.8, 4) is 11.3 Å². The van der Waals surface area contributed by atoms with Gasteiger partial charge in [0.15, 0.2) is 0 Å². The quantitative estimate of drug-likeness (QED) is 0.792. The second-order valence-corrected chi connectivity index (χ2v) is 5.48. The highest BCUT2D eigenvalue weighted by molar-refractivity contribution is 9.10. The first-order valence-electron chi connectivity index (χ1n) is 6.80. The topological polar surface area (TPSA) is 63.8 Å². The van der Waals surface area contributed by atoms with Crippen LogP contribution in [-0.4, -0.2) is 16.5 Å². The molecule has 0 saturated carbocycles. The molecule has 20 heavy (non-hydrogen) atoms. The van der Waals surface area contributed by atoms with E-state index in [1.54, 1.807) is 0 Å². The van der Waals surface area contributed by atoms with E-state index in [0.717, 1.165) is 40.8 Å². The molecule has 4 nitrogen and oxygen atoms in total. The fraction of sp³-hybridized carbons (Fsp3) is 0.333. The van der Waals surface area contributed by atoms with Crippen LogP contribution >= 0.6 is 15.9 Å². The first kappa shape index (κ1) is 14.9. The molecule has 0 unspecified atom stereocenters. The standard InChI is InChI=1S/C15H19BrN4/c1-2-3-8-18-15-19-13(10-17)9-14(20-15)11-4-6-12(16)7-5-11/h4-7,9H,2-3,8,10,17H2,1H3,(H,18,19,20). The third-order valence-electron chi connectivity index (χ3n) is 2.94. The number of rotatable bonds is 6. The van der Waals surface area contributed by atoms with Crippen LogP contribution in [0.25, 0.3) is 11.3 Å². The summed E-state index contributed by atoms with van der Waals surface area (Å²) in [7, 11) is 0. The van der Waals surface area contributed by atoms with Crippen LogP contribution in [0, 0.1) is 0 Å². The molecule has 1 heterocycles. The van der Waals surface area contributed by atoms with Crippen molar-refractivity contribution < 1.29 is 0 Å². The summed E-state index contributed by atoms with van der Waals surface area (Å²) >= 11 is 3.44. The Labute approximate surface area is 128 Å².